The Labute approximate surface area is 179 Å². The van der Waals surface area contributed by atoms with Crippen LogP contribution in [0.1, 0.15) is 87.1 Å². The lowest BCUT2D eigenvalue weighted by molar-refractivity contribution is -0.126. The van der Waals surface area contributed by atoms with Crippen LogP contribution in [0.2, 0.25) is 0 Å². The predicted molar refractivity (Wildman–Crippen MR) is 118 cm³/mol. The number of hydrogen-bond acceptors (Lipinski definition) is 5. The molecule has 30 heavy (non-hydrogen) atoms. The van der Waals surface area contributed by atoms with Gasteiger partial charge in [0.05, 0.1) is 25.4 Å². The Morgan fingerprint density at radius 2 is 1.50 bits per heavy atom. The second kappa shape index (κ2) is 16.1. The maximum absolute atomic E-state index is 11.8. The number of nitrogens with one attached hydrogen (secondary N) is 2. The highest BCUT2D eigenvalue weighted by Crippen LogP contribution is 2.10. The summed E-state index contributed by atoms with van der Waals surface area (Å²) in [4.78, 5) is 34.9. The highest BCUT2D eigenvalue weighted by molar-refractivity contribution is 5.91. The molecule has 166 valence electrons. The molecule has 2 amide bonds. The lowest BCUT2D eigenvalue weighted by atomic mass is 10.1. The fourth-order valence-electron chi connectivity index (χ4n) is 2.90. The molecule has 7 heteroatoms. The molecule has 1 aromatic rings. The Morgan fingerprint density at radius 3 is 2.10 bits per heavy atom. The van der Waals surface area contributed by atoms with Crippen molar-refractivity contribution < 1.29 is 19.1 Å². The Morgan fingerprint density at radius 1 is 0.900 bits per heavy atom. The van der Waals surface area contributed by atoms with E-state index in [4.69, 9.17) is 0 Å². The third-order valence-electron chi connectivity index (χ3n) is 4.69. The van der Waals surface area contributed by atoms with E-state index < -0.39 is 11.9 Å². The number of methoxy groups -OCH3 is 1. The first-order valence-electron chi connectivity index (χ1n) is 10.8. The van der Waals surface area contributed by atoms with Gasteiger partial charge in [0.2, 0.25) is 5.91 Å². The highest BCUT2D eigenvalue weighted by Gasteiger charge is 2.05. The summed E-state index contributed by atoms with van der Waals surface area (Å²) in [5, 5.41) is 6.45. The van der Waals surface area contributed by atoms with E-state index in [1.807, 2.05) is 0 Å². The van der Waals surface area contributed by atoms with E-state index in [0.29, 0.717) is 12.0 Å². The molecule has 0 aliphatic carbocycles. The van der Waals surface area contributed by atoms with Crippen LogP contribution in [0.4, 0.5) is 0 Å². The third-order valence-corrected chi connectivity index (χ3v) is 4.69. The van der Waals surface area contributed by atoms with Crippen LogP contribution in [0, 0.1) is 0 Å². The summed E-state index contributed by atoms with van der Waals surface area (Å²) < 4.78 is 4.63. The fraction of sp³-hybridized carbons (Fsp3) is 0.565. The average Bonchev–Trinajstić information content (AvgIpc) is 2.76. The van der Waals surface area contributed by atoms with Crippen LogP contribution < -0.4 is 10.7 Å². The van der Waals surface area contributed by atoms with Gasteiger partial charge in [0.1, 0.15) is 0 Å². The minimum atomic E-state index is -0.412. The number of unbranched alkanes of at least 4 members (excludes halogenated alkanes) is 8. The molecular weight excluding hydrogens is 382 g/mol. The van der Waals surface area contributed by atoms with E-state index in [9.17, 15) is 14.4 Å². The first-order valence-corrected chi connectivity index (χ1v) is 10.8. The third kappa shape index (κ3) is 12.0. The van der Waals surface area contributed by atoms with E-state index in [0.717, 1.165) is 24.8 Å². The van der Waals surface area contributed by atoms with Crippen LogP contribution in [0.15, 0.2) is 29.4 Å². The second-order valence-electron chi connectivity index (χ2n) is 7.26. The van der Waals surface area contributed by atoms with Crippen molar-refractivity contribution in [3.63, 3.8) is 0 Å². The number of ether oxygens (including phenoxy) is 1. The van der Waals surface area contributed by atoms with Crippen molar-refractivity contribution in [1.82, 2.24) is 10.7 Å². The van der Waals surface area contributed by atoms with Gasteiger partial charge in [-0.3, -0.25) is 9.59 Å². The monoisotopic (exact) mass is 417 g/mol. The van der Waals surface area contributed by atoms with Crippen molar-refractivity contribution >= 4 is 24.0 Å². The summed E-state index contributed by atoms with van der Waals surface area (Å²) in [6, 6.07) is 6.60. The van der Waals surface area contributed by atoms with Crippen molar-refractivity contribution in [2.24, 2.45) is 5.10 Å². The molecule has 7 nitrogen and oxygen atoms in total. The Hall–Kier alpha value is -2.70. The molecule has 0 saturated carbocycles. The van der Waals surface area contributed by atoms with E-state index in [1.54, 1.807) is 24.3 Å². The van der Waals surface area contributed by atoms with E-state index >= 15 is 0 Å². The van der Waals surface area contributed by atoms with Crippen molar-refractivity contribution in [1.29, 1.82) is 0 Å². The summed E-state index contributed by atoms with van der Waals surface area (Å²) >= 11 is 0. The molecule has 1 rings (SSSR count). The summed E-state index contributed by atoms with van der Waals surface area (Å²) in [6.45, 7) is 2.12. The number of rotatable bonds is 15. The van der Waals surface area contributed by atoms with Gasteiger partial charge in [0.15, 0.2) is 0 Å². The summed E-state index contributed by atoms with van der Waals surface area (Å²) in [6.07, 6.45) is 12.7. The molecule has 2 N–H and O–H groups in total. The Balaban J connectivity index is 2.09. The summed E-state index contributed by atoms with van der Waals surface area (Å²) in [5.41, 5.74) is 3.52. The van der Waals surface area contributed by atoms with Gasteiger partial charge in [-0.05, 0) is 24.1 Å². The molecule has 0 saturated heterocycles. The highest BCUT2D eigenvalue weighted by atomic mass is 16.5. The zero-order valence-corrected chi connectivity index (χ0v) is 18.2. The van der Waals surface area contributed by atoms with Gasteiger partial charge in [-0.2, -0.15) is 5.10 Å². The topological polar surface area (TPSA) is 96.9 Å². The smallest absolute Gasteiger partial charge is 0.337 e. The predicted octanol–water partition coefficient (Wildman–Crippen LogP) is 3.96. The molecule has 0 spiro atoms. The van der Waals surface area contributed by atoms with E-state index in [2.05, 4.69) is 27.5 Å². The minimum absolute atomic E-state index is 0.102. The molecule has 0 atom stereocenters. The van der Waals surface area contributed by atoms with Gasteiger partial charge >= 0.3 is 5.97 Å². The number of benzene rings is 1. The van der Waals surface area contributed by atoms with Crippen LogP contribution in [-0.2, 0) is 14.3 Å². The summed E-state index contributed by atoms with van der Waals surface area (Å²) in [7, 11) is 1.32. The zero-order chi connectivity index (χ0) is 22.0. The Bertz CT molecular complexity index is 672. The van der Waals surface area contributed by atoms with E-state index in [1.165, 1.54) is 51.8 Å². The van der Waals surface area contributed by atoms with Crippen molar-refractivity contribution in [2.75, 3.05) is 13.7 Å². The van der Waals surface area contributed by atoms with Gasteiger partial charge < -0.3 is 10.1 Å². The van der Waals surface area contributed by atoms with Gasteiger partial charge in [-0.15, -0.1) is 0 Å². The second-order valence-corrected chi connectivity index (χ2v) is 7.26. The molecule has 0 aliphatic heterocycles. The normalized spacial score (nSPS) is 10.7. The summed E-state index contributed by atoms with van der Waals surface area (Å²) in [5.74, 6) is -0.918. The molecule has 0 bridgehead atoms. The van der Waals surface area contributed by atoms with Crippen molar-refractivity contribution in [3.05, 3.63) is 35.4 Å². The first-order chi connectivity index (χ1) is 14.6. The van der Waals surface area contributed by atoms with Crippen LogP contribution in [0.5, 0.6) is 0 Å². The molecule has 0 aliphatic rings. The maximum atomic E-state index is 11.8. The average molecular weight is 418 g/mol. The molecular formula is C23H35N3O4. The lowest BCUT2D eigenvalue weighted by Crippen LogP contribution is -2.34. The molecule has 0 unspecified atom stereocenters. The van der Waals surface area contributed by atoms with Crippen LogP contribution >= 0.6 is 0 Å². The number of esters is 1. The lowest BCUT2D eigenvalue weighted by Gasteiger charge is -2.05. The minimum Gasteiger partial charge on any atom is -0.465 e. The number of carbonyl (C=O) groups excluding carboxylic acids is 3. The number of hydrogen-bond donors (Lipinski definition) is 2. The number of nitrogens with zero attached hydrogens (tertiary/aromatic N) is 1. The number of carbonyl (C=O) groups is 3. The van der Waals surface area contributed by atoms with Gasteiger partial charge in [-0.1, -0.05) is 70.4 Å². The molecule has 1 aromatic carbocycles. The van der Waals surface area contributed by atoms with Crippen molar-refractivity contribution in [3.8, 4) is 0 Å². The quantitative estimate of drug-likeness (QED) is 0.195. The van der Waals surface area contributed by atoms with Gasteiger partial charge in [-0.25, -0.2) is 10.2 Å². The Kier molecular flexibility index (Phi) is 13.6. The number of hydrazone groups is 1. The van der Waals surface area contributed by atoms with E-state index in [-0.39, 0.29) is 12.5 Å². The molecule has 0 fully saturated rings. The van der Waals surface area contributed by atoms with Gasteiger partial charge in [0.25, 0.3) is 5.91 Å². The fourth-order valence-corrected chi connectivity index (χ4v) is 2.90. The SMILES string of the molecule is CCCCCCCCCCCC(=O)NCC(=O)N/N=C/c1ccc(C(=O)OC)cc1. The largest absolute Gasteiger partial charge is 0.465 e. The standard InChI is InChI=1S/C23H35N3O4/c1-3-4-5-6-7-8-9-10-11-12-21(27)24-18-22(28)26-25-17-19-13-15-20(16-14-19)23(29)30-2/h13-17H,3-12,18H2,1-2H3,(H,24,27)(H,26,28)/b25-17+. The zero-order valence-electron chi connectivity index (χ0n) is 18.2. The van der Waals surface area contributed by atoms with Gasteiger partial charge in [0, 0.05) is 6.42 Å². The molecule has 0 radical (unpaired) electrons. The first kappa shape index (κ1) is 25.3. The number of amides is 2. The van der Waals surface area contributed by atoms with Crippen LogP contribution in [-0.4, -0.2) is 37.7 Å². The van der Waals surface area contributed by atoms with Crippen LogP contribution in [0.25, 0.3) is 0 Å². The van der Waals surface area contributed by atoms with Crippen LogP contribution in [0.3, 0.4) is 0 Å². The maximum Gasteiger partial charge on any atom is 0.337 e. The molecule has 0 aromatic heterocycles. The van der Waals surface area contributed by atoms with Crippen molar-refractivity contribution in [2.45, 2.75) is 71.1 Å². The molecule has 0 heterocycles.